The molecule has 2 aromatic rings. The summed E-state index contributed by atoms with van der Waals surface area (Å²) in [6, 6.07) is 2.89. The maximum Gasteiger partial charge on any atom is 0.326 e. The second-order valence-electron chi connectivity index (χ2n) is 5.34. The van der Waals surface area contributed by atoms with Gasteiger partial charge < -0.3 is 24.0 Å². The molecule has 1 atom stereocenters. The number of fused-ring (bicyclic) bond motifs is 2. The van der Waals surface area contributed by atoms with Gasteiger partial charge in [-0.15, -0.1) is 0 Å². The summed E-state index contributed by atoms with van der Waals surface area (Å²) in [5.74, 6) is 1.07. The Hall–Kier alpha value is -2.28. The fourth-order valence-corrected chi connectivity index (χ4v) is 2.47. The molecule has 0 radical (unpaired) electrons. The van der Waals surface area contributed by atoms with Crippen molar-refractivity contribution in [3.63, 3.8) is 0 Å². The van der Waals surface area contributed by atoms with Crippen molar-refractivity contribution >= 4 is 17.0 Å². The smallest absolute Gasteiger partial charge is 0.326 e. The van der Waals surface area contributed by atoms with Crippen molar-refractivity contribution in [1.29, 1.82) is 0 Å². The number of carboxylic acid groups (broad SMARTS) is 1. The second kappa shape index (κ2) is 4.92. The van der Waals surface area contributed by atoms with Crippen LogP contribution in [0.25, 0.3) is 11.0 Å². The number of hydrogen-bond donors (Lipinski definition) is 1. The lowest BCUT2D eigenvalue weighted by atomic mass is 10.2. The molecule has 0 saturated heterocycles. The first-order valence-electron chi connectivity index (χ1n) is 6.65. The van der Waals surface area contributed by atoms with Crippen LogP contribution in [0.1, 0.15) is 18.8 Å². The molecule has 21 heavy (non-hydrogen) atoms. The highest BCUT2D eigenvalue weighted by atomic mass is 16.7. The molecule has 112 valence electrons. The van der Waals surface area contributed by atoms with E-state index in [1.165, 1.54) is 0 Å². The number of carbonyl (C=O) groups is 1. The lowest BCUT2D eigenvalue weighted by Gasteiger charge is -2.16. The number of rotatable bonds is 4. The number of ether oxygens (including phenoxy) is 2. The first-order chi connectivity index (χ1) is 9.97. The Labute approximate surface area is 121 Å². The van der Waals surface area contributed by atoms with Crippen molar-refractivity contribution in [3.8, 4) is 11.5 Å². The van der Waals surface area contributed by atoms with E-state index in [0.29, 0.717) is 29.4 Å². The summed E-state index contributed by atoms with van der Waals surface area (Å²) >= 11 is 0. The first kappa shape index (κ1) is 13.7. The fraction of sp³-hybridized carbons (Fsp3) is 0.429. The molecule has 0 amide bonds. The zero-order chi connectivity index (χ0) is 15.1. The van der Waals surface area contributed by atoms with Crippen LogP contribution in [0, 0.1) is 0 Å². The molecule has 1 aliphatic heterocycles. The highest BCUT2D eigenvalue weighted by Crippen LogP contribution is 2.37. The van der Waals surface area contributed by atoms with E-state index in [0.717, 1.165) is 5.52 Å². The third-order valence-electron chi connectivity index (χ3n) is 3.46. The Morgan fingerprint density at radius 2 is 2.10 bits per heavy atom. The maximum absolute atomic E-state index is 11.4. The van der Waals surface area contributed by atoms with Gasteiger partial charge in [-0.25, -0.2) is 9.78 Å². The number of hydrogen-bond acceptors (Lipinski definition) is 5. The summed E-state index contributed by atoms with van der Waals surface area (Å²) in [5.41, 5.74) is 1.45. The van der Waals surface area contributed by atoms with Gasteiger partial charge >= 0.3 is 5.97 Å². The van der Waals surface area contributed by atoms with E-state index >= 15 is 0 Å². The molecule has 0 aliphatic carbocycles. The molecule has 0 bridgehead atoms. The lowest BCUT2D eigenvalue weighted by molar-refractivity contribution is -0.140. The van der Waals surface area contributed by atoms with Crippen LogP contribution in [0.2, 0.25) is 0 Å². The van der Waals surface area contributed by atoms with Gasteiger partial charge in [0.25, 0.3) is 0 Å². The molecular weight excluding hydrogens is 274 g/mol. The second-order valence-corrected chi connectivity index (χ2v) is 5.34. The summed E-state index contributed by atoms with van der Waals surface area (Å²) in [4.78, 5) is 17.9. The normalized spacial score (nSPS) is 14.9. The molecule has 0 fully saturated rings. The van der Waals surface area contributed by atoms with Crippen LogP contribution in [0.5, 0.6) is 11.5 Å². The number of aromatic nitrogens is 2. The molecule has 0 saturated carbocycles. The van der Waals surface area contributed by atoms with Crippen LogP contribution < -0.4 is 9.47 Å². The lowest BCUT2D eigenvalue weighted by Crippen LogP contribution is -2.21. The molecule has 2 heterocycles. The zero-order valence-electron chi connectivity index (χ0n) is 12.2. The number of carboxylic acids is 1. The maximum atomic E-state index is 11.4. The predicted octanol–water partition coefficient (Wildman–Crippen LogP) is 1.47. The van der Waals surface area contributed by atoms with Crippen LogP contribution in [-0.4, -0.2) is 46.4 Å². The predicted molar refractivity (Wildman–Crippen MR) is 75.6 cm³/mol. The number of aliphatic carboxylic acids is 1. The Morgan fingerprint density at radius 1 is 1.43 bits per heavy atom. The molecule has 7 heteroatoms. The average Bonchev–Trinajstić information content (AvgIpc) is 2.97. The van der Waals surface area contributed by atoms with Crippen molar-refractivity contribution in [2.45, 2.75) is 19.5 Å². The topological polar surface area (TPSA) is 76.8 Å². The van der Waals surface area contributed by atoms with Crippen LogP contribution in [0.3, 0.4) is 0 Å². The van der Waals surface area contributed by atoms with Gasteiger partial charge in [0.05, 0.1) is 17.6 Å². The van der Waals surface area contributed by atoms with Crippen molar-refractivity contribution in [2.75, 3.05) is 20.9 Å². The molecule has 1 aromatic heterocycles. The van der Waals surface area contributed by atoms with Crippen LogP contribution in [0.4, 0.5) is 0 Å². The third-order valence-corrected chi connectivity index (χ3v) is 3.46. The van der Waals surface area contributed by atoms with Gasteiger partial charge in [0.15, 0.2) is 11.5 Å². The number of nitrogens with zero attached hydrogens (tertiary/aromatic N) is 3. The summed E-state index contributed by atoms with van der Waals surface area (Å²) in [6.45, 7) is 2.38. The van der Waals surface area contributed by atoms with Gasteiger partial charge in [-0.3, -0.25) is 0 Å². The Morgan fingerprint density at radius 3 is 2.71 bits per heavy atom. The highest BCUT2D eigenvalue weighted by molar-refractivity contribution is 5.83. The monoisotopic (exact) mass is 291 g/mol. The first-order valence-corrected chi connectivity index (χ1v) is 6.65. The Kier molecular flexibility index (Phi) is 3.21. The molecule has 1 unspecified atom stereocenters. The SMILES string of the molecule is CC(C(=O)O)n1c(CN(C)C)nc2cc3c(cc21)OCO3. The van der Waals surface area contributed by atoms with E-state index < -0.39 is 12.0 Å². The molecule has 1 aliphatic rings. The summed E-state index contributed by atoms with van der Waals surface area (Å²) < 4.78 is 12.5. The van der Waals surface area contributed by atoms with E-state index in [2.05, 4.69) is 4.98 Å². The summed E-state index contributed by atoms with van der Waals surface area (Å²) in [7, 11) is 3.84. The van der Waals surface area contributed by atoms with Gasteiger partial charge in [0, 0.05) is 12.1 Å². The van der Waals surface area contributed by atoms with E-state index in [-0.39, 0.29) is 6.79 Å². The quantitative estimate of drug-likeness (QED) is 0.919. The summed E-state index contributed by atoms with van der Waals surface area (Å²) in [6.07, 6.45) is 0. The standard InChI is InChI=1S/C14H17N3O4/c1-8(14(18)19)17-10-5-12-11(20-7-21-12)4-9(10)15-13(17)6-16(2)3/h4-5,8H,6-7H2,1-3H3,(H,18,19). The van der Waals surface area contributed by atoms with Gasteiger partial charge in [-0.05, 0) is 21.0 Å². The Balaban J connectivity index is 2.20. The van der Waals surface area contributed by atoms with Crippen LogP contribution in [-0.2, 0) is 11.3 Å². The molecule has 1 N–H and O–H groups in total. The fourth-order valence-electron chi connectivity index (χ4n) is 2.47. The minimum absolute atomic E-state index is 0.182. The van der Waals surface area contributed by atoms with Crippen LogP contribution >= 0.6 is 0 Å². The van der Waals surface area contributed by atoms with E-state index in [1.54, 1.807) is 23.6 Å². The molecule has 0 spiro atoms. The van der Waals surface area contributed by atoms with Crippen LogP contribution in [0.15, 0.2) is 12.1 Å². The zero-order valence-corrected chi connectivity index (χ0v) is 12.2. The minimum Gasteiger partial charge on any atom is -0.480 e. The van der Waals surface area contributed by atoms with Crippen molar-refractivity contribution in [3.05, 3.63) is 18.0 Å². The van der Waals surface area contributed by atoms with E-state index in [9.17, 15) is 9.90 Å². The van der Waals surface area contributed by atoms with Crippen molar-refractivity contribution in [1.82, 2.24) is 14.5 Å². The minimum atomic E-state index is -0.896. The van der Waals surface area contributed by atoms with Crippen molar-refractivity contribution in [2.24, 2.45) is 0 Å². The number of imidazole rings is 1. The van der Waals surface area contributed by atoms with E-state index in [4.69, 9.17) is 9.47 Å². The Bertz CT molecular complexity index is 708. The molecular formula is C14H17N3O4. The van der Waals surface area contributed by atoms with E-state index in [1.807, 2.05) is 19.0 Å². The number of benzene rings is 1. The largest absolute Gasteiger partial charge is 0.480 e. The van der Waals surface area contributed by atoms with Crippen molar-refractivity contribution < 1.29 is 19.4 Å². The average molecular weight is 291 g/mol. The van der Waals surface area contributed by atoms with Gasteiger partial charge in [0.2, 0.25) is 6.79 Å². The summed E-state index contributed by atoms with van der Waals surface area (Å²) in [5, 5.41) is 9.35. The van der Waals surface area contributed by atoms with Gasteiger partial charge in [-0.2, -0.15) is 0 Å². The van der Waals surface area contributed by atoms with Gasteiger partial charge in [-0.1, -0.05) is 0 Å². The molecule has 1 aromatic carbocycles. The molecule has 7 nitrogen and oxygen atoms in total. The third kappa shape index (κ3) is 2.29. The highest BCUT2D eigenvalue weighted by Gasteiger charge is 2.24. The van der Waals surface area contributed by atoms with Gasteiger partial charge in [0.1, 0.15) is 11.9 Å². The molecule has 3 rings (SSSR count).